The van der Waals surface area contributed by atoms with Crippen molar-refractivity contribution in [3.05, 3.63) is 24.3 Å². The lowest BCUT2D eigenvalue weighted by Crippen LogP contribution is -2.18. The summed E-state index contributed by atoms with van der Waals surface area (Å²) in [7, 11) is 0. The molecule has 0 saturated carbocycles. The highest BCUT2D eigenvalue weighted by Crippen LogP contribution is 2.27. The Balaban J connectivity index is 1.84. The molecule has 0 aliphatic carbocycles. The number of rotatable bonds is 7. The van der Waals surface area contributed by atoms with E-state index in [1.165, 1.54) is 0 Å². The van der Waals surface area contributed by atoms with Gasteiger partial charge < -0.3 is 14.8 Å². The van der Waals surface area contributed by atoms with Gasteiger partial charge in [0.25, 0.3) is 6.01 Å². The fourth-order valence-corrected chi connectivity index (χ4v) is 2.03. The average Bonchev–Trinajstić information content (AvgIpc) is 2.79. The third kappa shape index (κ3) is 3.98. The molecule has 0 aliphatic heterocycles. The number of hydrogen-bond donors (Lipinski definition) is 2. The summed E-state index contributed by atoms with van der Waals surface area (Å²) in [6.45, 7) is 4.85. The number of para-hydroxylation sites is 2. The molecule has 1 heterocycles. The number of hydrogen-bond acceptors (Lipinski definition) is 4. The van der Waals surface area contributed by atoms with E-state index in [2.05, 4.69) is 24.1 Å². The number of anilines is 1. The first-order chi connectivity index (χ1) is 9.46. The average molecular weight is 276 g/mol. The number of benzene rings is 1. The molecule has 0 amide bonds. The molecule has 0 unspecified atom stereocenters. The van der Waals surface area contributed by atoms with Crippen LogP contribution in [0.15, 0.2) is 28.7 Å². The highest BCUT2D eigenvalue weighted by molar-refractivity contribution is 5.74. The van der Waals surface area contributed by atoms with Gasteiger partial charge in [-0.05, 0) is 30.4 Å². The molecule has 0 fully saturated rings. The molecule has 2 N–H and O–H groups in total. The second kappa shape index (κ2) is 5.94. The number of aromatic nitrogens is 1. The molecule has 2 rings (SSSR count). The van der Waals surface area contributed by atoms with E-state index in [0.29, 0.717) is 19.0 Å². The Kier molecular flexibility index (Phi) is 4.27. The minimum Gasteiger partial charge on any atom is -0.481 e. The van der Waals surface area contributed by atoms with Crippen LogP contribution in [0.25, 0.3) is 11.1 Å². The molecular formula is C15H20N2O3. The predicted octanol–water partition coefficient (Wildman–Crippen LogP) is 3.52. The maximum atomic E-state index is 10.6. The van der Waals surface area contributed by atoms with Gasteiger partial charge in [0, 0.05) is 13.0 Å². The van der Waals surface area contributed by atoms with E-state index < -0.39 is 5.97 Å². The topological polar surface area (TPSA) is 75.4 Å². The molecule has 0 atom stereocenters. The van der Waals surface area contributed by atoms with Gasteiger partial charge in [-0.1, -0.05) is 26.0 Å². The molecule has 1 aromatic heterocycles. The summed E-state index contributed by atoms with van der Waals surface area (Å²) < 4.78 is 5.56. The molecule has 5 nitrogen and oxygen atoms in total. The van der Waals surface area contributed by atoms with Crippen molar-refractivity contribution >= 4 is 23.1 Å². The number of aliphatic carboxylic acids is 1. The van der Waals surface area contributed by atoms with Crippen molar-refractivity contribution in [2.24, 2.45) is 5.41 Å². The Hall–Kier alpha value is -2.04. The van der Waals surface area contributed by atoms with E-state index in [0.717, 1.165) is 17.5 Å². The highest BCUT2D eigenvalue weighted by atomic mass is 16.4. The van der Waals surface area contributed by atoms with Gasteiger partial charge in [-0.25, -0.2) is 0 Å². The van der Waals surface area contributed by atoms with Crippen LogP contribution in [0.4, 0.5) is 6.01 Å². The van der Waals surface area contributed by atoms with Crippen molar-refractivity contribution < 1.29 is 14.3 Å². The van der Waals surface area contributed by atoms with Gasteiger partial charge in [-0.15, -0.1) is 0 Å². The summed E-state index contributed by atoms with van der Waals surface area (Å²) in [6.07, 6.45) is 1.73. The van der Waals surface area contributed by atoms with Crippen LogP contribution < -0.4 is 5.32 Å². The summed E-state index contributed by atoms with van der Waals surface area (Å²) in [6, 6.07) is 8.13. The lowest BCUT2D eigenvalue weighted by molar-refractivity contribution is -0.137. The first-order valence-electron chi connectivity index (χ1n) is 6.77. The maximum absolute atomic E-state index is 10.6. The number of nitrogens with zero attached hydrogens (tertiary/aromatic N) is 1. The van der Waals surface area contributed by atoms with Crippen molar-refractivity contribution in [1.82, 2.24) is 4.98 Å². The monoisotopic (exact) mass is 276 g/mol. The summed E-state index contributed by atoms with van der Waals surface area (Å²) in [5, 5.41) is 11.9. The van der Waals surface area contributed by atoms with Crippen LogP contribution in [0.2, 0.25) is 0 Å². The minimum atomic E-state index is -0.745. The number of nitrogens with one attached hydrogen (secondary N) is 1. The third-order valence-electron chi connectivity index (χ3n) is 3.39. The SMILES string of the molecule is CC(C)(CCNc1nc2ccccc2o1)CCC(=O)O. The van der Waals surface area contributed by atoms with Gasteiger partial charge in [-0.2, -0.15) is 4.98 Å². The van der Waals surface area contributed by atoms with Gasteiger partial charge in [-0.3, -0.25) is 4.79 Å². The molecule has 0 radical (unpaired) electrons. The third-order valence-corrected chi connectivity index (χ3v) is 3.39. The fourth-order valence-electron chi connectivity index (χ4n) is 2.03. The Bertz CT molecular complexity index is 557. The van der Waals surface area contributed by atoms with Crippen molar-refractivity contribution in [1.29, 1.82) is 0 Å². The van der Waals surface area contributed by atoms with Crippen molar-refractivity contribution in [2.75, 3.05) is 11.9 Å². The van der Waals surface area contributed by atoms with Crippen LogP contribution >= 0.6 is 0 Å². The van der Waals surface area contributed by atoms with E-state index in [1.54, 1.807) is 0 Å². The van der Waals surface area contributed by atoms with Crippen LogP contribution in [-0.2, 0) is 4.79 Å². The zero-order valence-corrected chi connectivity index (χ0v) is 11.8. The van der Waals surface area contributed by atoms with Crippen molar-refractivity contribution in [3.8, 4) is 0 Å². The van der Waals surface area contributed by atoms with Crippen LogP contribution in [-0.4, -0.2) is 22.6 Å². The van der Waals surface area contributed by atoms with Crippen LogP contribution in [0.5, 0.6) is 0 Å². The van der Waals surface area contributed by atoms with Gasteiger partial charge in [0.2, 0.25) is 0 Å². The Morgan fingerprint density at radius 3 is 2.80 bits per heavy atom. The van der Waals surface area contributed by atoms with E-state index in [1.807, 2.05) is 24.3 Å². The Morgan fingerprint density at radius 2 is 2.10 bits per heavy atom. The van der Waals surface area contributed by atoms with Gasteiger partial charge in [0.1, 0.15) is 5.52 Å². The van der Waals surface area contributed by atoms with Gasteiger partial charge in [0.05, 0.1) is 0 Å². The fraction of sp³-hybridized carbons (Fsp3) is 0.467. The second-order valence-electron chi connectivity index (χ2n) is 5.72. The van der Waals surface area contributed by atoms with E-state index in [4.69, 9.17) is 9.52 Å². The first-order valence-corrected chi connectivity index (χ1v) is 6.77. The van der Waals surface area contributed by atoms with Gasteiger partial charge in [0.15, 0.2) is 5.58 Å². The summed E-state index contributed by atoms with van der Waals surface area (Å²) in [5.41, 5.74) is 1.58. The van der Waals surface area contributed by atoms with Crippen molar-refractivity contribution in [3.63, 3.8) is 0 Å². The molecule has 108 valence electrons. The van der Waals surface area contributed by atoms with Crippen LogP contribution in [0.3, 0.4) is 0 Å². The van der Waals surface area contributed by atoms with Crippen LogP contribution in [0.1, 0.15) is 33.1 Å². The summed E-state index contributed by atoms with van der Waals surface area (Å²) in [4.78, 5) is 14.9. The van der Waals surface area contributed by atoms with Crippen LogP contribution in [0, 0.1) is 5.41 Å². The maximum Gasteiger partial charge on any atom is 0.303 e. The number of carboxylic acids is 1. The quantitative estimate of drug-likeness (QED) is 0.809. The zero-order valence-electron chi connectivity index (χ0n) is 11.8. The van der Waals surface area contributed by atoms with Gasteiger partial charge >= 0.3 is 5.97 Å². The van der Waals surface area contributed by atoms with E-state index in [-0.39, 0.29) is 11.8 Å². The number of carboxylic acid groups (broad SMARTS) is 1. The second-order valence-corrected chi connectivity index (χ2v) is 5.72. The number of oxazole rings is 1. The molecule has 1 aromatic carbocycles. The van der Waals surface area contributed by atoms with E-state index in [9.17, 15) is 4.79 Å². The first kappa shape index (κ1) is 14.4. The molecule has 5 heteroatoms. The lowest BCUT2D eigenvalue weighted by atomic mass is 9.84. The molecule has 0 spiro atoms. The molecular weight excluding hydrogens is 256 g/mol. The summed E-state index contributed by atoms with van der Waals surface area (Å²) >= 11 is 0. The highest BCUT2D eigenvalue weighted by Gasteiger charge is 2.19. The molecule has 0 saturated heterocycles. The smallest absolute Gasteiger partial charge is 0.303 e. The molecule has 2 aromatic rings. The lowest BCUT2D eigenvalue weighted by Gasteiger charge is -2.23. The van der Waals surface area contributed by atoms with E-state index >= 15 is 0 Å². The standard InChI is InChI=1S/C15H20N2O3/c1-15(2,8-7-13(18)19)9-10-16-14-17-11-5-3-4-6-12(11)20-14/h3-6H,7-10H2,1-2H3,(H,16,17)(H,18,19). The number of fused-ring (bicyclic) bond motifs is 1. The Labute approximate surface area is 118 Å². The molecule has 0 bridgehead atoms. The van der Waals surface area contributed by atoms with Crippen molar-refractivity contribution in [2.45, 2.75) is 33.1 Å². The zero-order chi connectivity index (χ0) is 14.6. The molecule has 0 aliphatic rings. The predicted molar refractivity (Wildman–Crippen MR) is 77.8 cm³/mol. The molecule has 20 heavy (non-hydrogen) atoms. The minimum absolute atomic E-state index is 0.0165. The normalized spacial score (nSPS) is 11.7. The number of carbonyl (C=O) groups is 1. The largest absolute Gasteiger partial charge is 0.481 e. The Morgan fingerprint density at radius 1 is 1.35 bits per heavy atom. The summed E-state index contributed by atoms with van der Waals surface area (Å²) in [5.74, 6) is -0.745.